The van der Waals surface area contributed by atoms with Gasteiger partial charge in [-0.05, 0) is 47.7 Å². The van der Waals surface area contributed by atoms with E-state index in [4.69, 9.17) is 0 Å². The zero-order valence-corrected chi connectivity index (χ0v) is 16.6. The third-order valence-corrected chi connectivity index (χ3v) is 7.30. The van der Waals surface area contributed by atoms with Gasteiger partial charge in [-0.2, -0.15) is 0 Å². The van der Waals surface area contributed by atoms with E-state index in [0.29, 0.717) is 12.1 Å². The number of fused-ring (bicyclic) bond motifs is 2. The second kappa shape index (κ2) is 7.10. The summed E-state index contributed by atoms with van der Waals surface area (Å²) in [7, 11) is 4.46. The molecular weight excluding hydrogens is 382 g/mol. The average Bonchev–Trinajstić information content (AvgIpc) is 2.83. The quantitative estimate of drug-likeness (QED) is 0.564. The summed E-state index contributed by atoms with van der Waals surface area (Å²) >= 11 is 0. The number of quaternary nitrogens is 1. The molecule has 2 saturated heterocycles. The van der Waals surface area contributed by atoms with Crippen LogP contribution in [0, 0.1) is 29.2 Å². The number of hydrogen-bond acceptors (Lipinski definition) is 1. The van der Waals surface area contributed by atoms with Crippen molar-refractivity contribution in [2.24, 2.45) is 5.92 Å². The van der Waals surface area contributed by atoms with Crippen LogP contribution < -0.4 is 0 Å². The first kappa shape index (κ1) is 20.4. The standard InChI is InChI=1S/C23H26F4NO/c1-28(2)17-5-6-18(28)10-14(9-17)13-23(29,15-3-7-19(24)21(26)11-15)16-4-8-20(25)22(27)12-16/h3-4,7-8,11-12,14,17-18,29H,5-6,9-10,13H2,1-2H3/q+1/t14?,17-,18+. The van der Waals surface area contributed by atoms with Gasteiger partial charge in [-0.25, -0.2) is 17.6 Å². The van der Waals surface area contributed by atoms with E-state index in [1.807, 2.05) is 0 Å². The topological polar surface area (TPSA) is 20.2 Å². The van der Waals surface area contributed by atoms with E-state index < -0.39 is 28.9 Å². The van der Waals surface area contributed by atoms with E-state index in [-0.39, 0.29) is 23.5 Å². The van der Waals surface area contributed by atoms with Crippen LogP contribution in [0.1, 0.15) is 43.2 Å². The maximum absolute atomic E-state index is 14.0. The molecule has 2 fully saturated rings. The van der Waals surface area contributed by atoms with E-state index in [1.54, 1.807) is 0 Å². The van der Waals surface area contributed by atoms with Crippen molar-refractivity contribution in [3.63, 3.8) is 0 Å². The molecule has 2 heterocycles. The van der Waals surface area contributed by atoms with Gasteiger partial charge in [0.25, 0.3) is 0 Å². The lowest BCUT2D eigenvalue weighted by Gasteiger charge is -2.46. The number of hydrogen-bond donors (Lipinski definition) is 1. The van der Waals surface area contributed by atoms with Crippen LogP contribution in [0.2, 0.25) is 0 Å². The molecule has 2 nitrogen and oxygen atoms in total. The van der Waals surface area contributed by atoms with E-state index in [2.05, 4.69) is 14.1 Å². The zero-order valence-electron chi connectivity index (χ0n) is 16.6. The lowest BCUT2D eigenvalue weighted by atomic mass is 9.75. The molecule has 2 aromatic carbocycles. The molecule has 0 spiro atoms. The third kappa shape index (κ3) is 3.46. The van der Waals surface area contributed by atoms with Gasteiger partial charge in [-0.1, -0.05) is 12.1 Å². The number of benzene rings is 2. The summed E-state index contributed by atoms with van der Waals surface area (Å²) in [6.07, 6.45) is 4.31. The predicted octanol–water partition coefficient (Wildman–Crippen LogP) is 4.89. The fourth-order valence-corrected chi connectivity index (χ4v) is 5.49. The van der Waals surface area contributed by atoms with Gasteiger partial charge in [0.1, 0.15) is 5.60 Å². The Balaban J connectivity index is 1.72. The average molecular weight is 408 g/mol. The highest BCUT2D eigenvalue weighted by Crippen LogP contribution is 2.47. The Morgan fingerprint density at radius 1 is 0.828 bits per heavy atom. The summed E-state index contributed by atoms with van der Waals surface area (Å²) in [5.41, 5.74) is -1.44. The van der Waals surface area contributed by atoms with Crippen LogP contribution in [0.4, 0.5) is 17.6 Å². The molecular formula is C23H26F4NO+. The maximum atomic E-state index is 14.0. The summed E-state index contributed by atoms with van der Waals surface area (Å²) < 4.78 is 55.9. The van der Waals surface area contributed by atoms with Crippen molar-refractivity contribution in [3.05, 3.63) is 70.8 Å². The van der Waals surface area contributed by atoms with Crippen molar-refractivity contribution in [1.82, 2.24) is 0 Å². The van der Waals surface area contributed by atoms with Crippen molar-refractivity contribution in [2.45, 2.75) is 49.8 Å². The van der Waals surface area contributed by atoms with Gasteiger partial charge >= 0.3 is 0 Å². The van der Waals surface area contributed by atoms with Gasteiger partial charge in [0.15, 0.2) is 23.3 Å². The van der Waals surface area contributed by atoms with Crippen molar-refractivity contribution in [1.29, 1.82) is 0 Å². The first-order chi connectivity index (χ1) is 13.6. The van der Waals surface area contributed by atoms with Crippen molar-refractivity contribution >= 4 is 0 Å². The molecule has 0 aromatic heterocycles. The summed E-state index contributed by atoms with van der Waals surface area (Å²) in [6.45, 7) is 0. The molecule has 2 aliphatic heterocycles. The van der Waals surface area contributed by atoms with Crippen molar-refractivity contribution in [3.8, 4) is 0 Å². The number of rotatable bonds is 4. The summed E-state index contributed by atoms with van der Waals surface area (Å²) in [4.78, 5) is 0. The van der Waals surface area contributed by atoms with Crippen LogP contribution in [0.3, 0.4) is 0 Å². The largest absolute Gasteiger partial charge is 0.380 e. The Bertz CT molecular complexity index is 862. The van der Waals surface area contributed by atoms with E-state index in [1.165, 1.54) is 12.1 Å². The Morgan fingerprint density at radius 3 is 1.69 bits per heavy atom. The lowest BCUT2D eigenvalue weighted by molar-refractivity contribution is -0.931. The lowest BCUT2D eigenvalue weighted by Crippen LogP contribution is -2.55. The van der Waals surface area contributed by atoms with Crippen LogP contribution >= 0.6 is 0 Å². The van der Waals surface area contributed by atoms with E-state index >= 15 is 0 Å². The summed E-state index contributed by atoms with van der Waals surface area (Å²) in [5.74, 6) is -4.05. The first-order valence-electron chi connectivity index (χ1n) is 10.1. The van der Waals surface area contributed by atoms with Crippen LogP contribution in [-0.2, 0) is 5.60 Å². The van der Waals surface area contributed by atoms with Gasteiger partial charge in [0.05, 0.1) is 26.2 Å². The van der Waals surface area contributed by atoms with Crippen LogP contribution in [0.15, 0.2) is 36.4 Å². The molecule has 0 amide bonds. The molecule has 4 rings (SSSR count). The second-order valence-corrected chi connectivity index (χ2v) is 9.17. The minimum atomic E-state index is -1.73. The SMILES string of the molecule is C[N+]1(C)[C@@H]2CC[C@H]1CC(CC(O)(c1ccc(F)c(F)c1)c1ccc(F)c(F)c1)C2. The molecule has 29 heavy (non-hydrogen) atoms. The molecule has 3 atom stereocenters. The Hall–Kier alpha value is -1.92. The maximum Gasteiger partial charge on any atom is 0.159 e. The van der Waals surface area contributed by atoms with Crippen LogP contribution in [0.5, 0.6) is 0 Å². The van der Waals surface area contributed by atoms with Gasteiger partial charge in [0, 0.05) is 25.7 Å². The molecule has 1 N–H and O–H groups in total. The Morgan fingerprint density at radius 2 is 1.28 bits per heavy atom. The van der Waals surface area contributed by atoms with Gasteiger partial charge in [0.2, 0.25) is 0 Å². The van der Waals surface area contributed by atoms with Gasteiger partial charge in [-0.3, -0.25) is 0 Å². The molecule has 6 heteroatoms. The molecule has 2 aromatic rings. The summed E-state index contributed by atoms with van der Waals surface area (Å²) in [6, 6.07) is 7.42. The number of halogens is 4. The fraction of sp³-hybridized carbons (Fsp3) is 0.478. The molecule has 0 aliphatic carbocycles. The highest BCUT2D eigenvalue weighted by atomic mass is 19.2. The molecule has 2 aliphatic rings. The van der Waals surface area contributed by atoms with Crippen LogP contribution in [0.25, 0.3) is 0 Å². The summed E-state index contributed by atoms with van der Waals surface area (Å²) in [5, 5.41) is 11.7. The monoisotopic (exact) mass is 408 g/mol. The van der Waals surface area contributed by atoms with E-state index in [9.17, 15) is 22.7 Å². The normalized spacial score (nSPS) is 26.0. The highest BCUT2D eigenvalue weighted by molar-refractivity contribution is 5.37. The molecule has 2 bridgehead atoms. The zero-order chi connectivity index (χ0) is 21.0. The minimum absolute atomic E-state index is 0.143. The fourth-order valence-electron chi connectivity index (χ4n) is 5.49. The molecule has 1 unspecified atom stereocenters. The smallest absolute Gasteiger partial charge is 0.159 e. The Kier molecular flexibility index (Phi) is 4.98. The molecule has 156 valence electrons. The van der Waals surface area contributed by atoms with Gasteiger partial charge < -0.3 is 9.59 Å². The first-order valence-corrected chi connectivity index (χ1v) is 10.1. The second-order valence-electron chi connectivity index (χ2n) is 9.17. The van der Waals surface area contributed by atoms with Gasteiger partial charge in [-0.15, -0.1) is 0 Å². The van der Waals surface area contributed by atoms with E-state index in [0.717, 1.165) is 54.4 Å². The number of nitrogens with zero attached hydrogens (tertiary/aromatic N) is 1. The van der Waals surface area contributed by atoms with Crippen LogP contribution in [-0.4, -0.2) is 35.8 Å². The number of piperidine rings is 1. The molecule has 0 saturated carbocycles. The third-order valence-electron chi connectivity index (χ3n) is 7.30. The minimum Gasteiger partial charge on any atom is -0.380 e. The van der Waals surface area contributed by atoms with Crippen molar-refractivity contribution in [2.75, 3.05) is 14.1 Å². The number of aliphatic hydroxyl groups is 1. The molecule has 0 radical (unpaired) electrons. The Labute approximate surface area is 168 Å². The predicted molar refractivity (Wildman–Crippen MR) is 102 cm³/mol. The highest BCUT2D eigenvalue weighted by Gasteiger charge is 2.50. The van der Waals surface area contributed by atoms with Crippen molar-refractivity contribution < 1.29 is 27.2 Å².